The van der Waals surface area contributed by atoms with Crippen LogP contribution < -0.4 is 0 Å². The minimum absolute atomic E-state index is 0.517. The highest BCUT2D eigenvalue weighted by molar-refractivity contribution is 5.78. The first-order chi connectivity index (χ1) is 7.25. The van der Waals surface area contributed by atoms with Crippen LogP contribution in [0, 0.1) is 0 Å². The van der Waals surface area contributed by atoms with Crippen molar-refractivity contribution in [2.75, 3.05) is 0 Å². The number of hydrogen-bond acceptors (Lipinski definition) is 1. The Kier molecular flexibility index (Phi) is 2.72. The Morgan fingerprint density at radius 1 is 1.33 bits per heavy atom. The van der Waals surface area contributed by atoms with Gasteiger partial charge in [0.05, 0.1) is 0 Å². The highest BCUT2D eigenvalue weighted by Crippen LogP contribution is 2.42. The summed E-state index contributed by atoms with van der Waals surface area (Å²) in [5.41, 5.74) is 5.57. The fourth-order valence-electron chi connectivity index (χ4n) is 2.39. The van der Waals surface area contributed by atoms with E-state index in [2.05, 4.69) is 38.1 Å². The number of allylic oxidation sites excluding steroid dienone is 2. The smallest absolute Gasteiger partial charge is 0.120 e. The van der Waals surface area contributed by atoms with E-state index in [0.29, 0.717) is 12.3 Å². The van der Waals surface area contributed by atoms with Gasteiger partial charge < -0.3 is 4.79 Å². The van der Waals surface area contributed by atoms with E-state index in [9.17, 15) is 4.79 Å². The molecule has 0 bridgehead atoms. The van der Waals surface area contributed by atoms with Crippen LogP contribution >= 0.6 is 0 Å². The molecule has 0 radical (unpaired) electrons. The van der Waals surface area contributed by atoms with Crippen molar-refractivity contribution in [2.45, 2.75) is 32.6 Å². The molecule has 2 rings (SSSR count). The molecule has 1 aliphatic carbocycles. The van der Waals surface area contributed by atoms with Crippen LogP contribution in [0.1, 0.15) is 43.7 Å². The maximum Gasteiger partial charge on any atom is 0.120 e. The number of fused-ring (bicyclic) bond motifs is 1. The minimum atomic E-state index is 0.517. The second kappa shape index (κ2) is 4.01. The summed E-state index contributed by atoms with van der Waals surface area (Å²) in [4.78, 5) is 10.4. The fourth-order valence-corrected chi connectivity index (χ4v) is 2.39. The molecule has 1 aromatic rings. The Bertz CT molecular complexity index is 415. The van der Waals surface area contributed by atoms with Gasteiger partial charge in [-0.05, 0) is 30.0 Å². The van der Waals surface area contributed by atoms with Crippen LogP contribution in [0.2, 0.25) is 0 Å². The lowest BCUT2D eigenvalue weighted by Gasteiger charge is -2.05. The summed E-state index contributed by atoms with van der Waals surface area (Å²) in [5, 5.41) is 0. The van der Waals surface area contributed by atoms with Gasteiger partial charge in [-0.15, -0.1) is 0 Å². The molecule has 0 fully saturated rings. The molecule has 0 saturated carbocycles. The van der Waals surface area contributed by atoms with Gasteiger partial charge >= 0.3 is 0 Å². The summed E-state index contributed by atoms with van der Waals surface area (Å²) in [7, 11) is 0. The molecule has 0 aliphatic heterocycles. The van der Waals surface area contributed by atoms with E-state index < -0.39 is 0 Å². The maximum atomic E-state index is 10.4. The van der Waals surface area contributed by atoms with E-state index >= 15 is 0 Å². The topological polar surface area (TPSA) is 17.1 Å². The number of carbonyl (C=O) groups excluding carboxylic acids is 1. The van der Waals surface area contributed by atoms with Crippen LogP contribution in [0.4, 0.5) is 0 Å². The standard InChI is InChI=1S/C14H16O/c1-10-11(2)13(8-5-9-15)14-7-4-3-6-12(10)14/h3-4,6-7,9-10H,5,8H2,1-2H3. The van der Waals surface area contributed by atoms with Crippen LogP contribution in [-0.2, 0) is 4.79 Å². The molecule has 0 N–H and O–H groups in total. The Morgan fingerprint density at radius 3 is 2.80 bits per heavy atom. The minimum Gasteiger partial charge on any atom is -0.303 e. The van der Waals surface area contributed by atoms with Gasteiger partial charge in [0.1, 0.15) is 6.29 Å². The lowest BCUT2D eigenvalue weighted by atomic mass is 9.99. The van der Waals surface area contributed by atoms with Crippen LogP contribution in [-0.4, -0.2) is 6.29 Å². The molecule has 15 heavy (non-hydrogen) atoms. The van der Waals surface area contributed by atoms with Gasteiger partial charge in [-0.25, -0.2) is 0 Å². The van der Waals surface area contributed by atoms with E-state index in [4.69, 9.17) is 0 Å². The zero-order chi connectivity index (χ0) is 10.8. The third-order valence-electron chi connectivity index (χ3n) is 3.39. The Labute approximate surface area is 90.8 Å². The Morgan fingerprint density at radius 2 is 2.07 bits per heavy atom. The van der Waals surface area contributed by atoms with E-state index in [1.165, 1.54) is 22.3 Å². The van der Waals surface area contributed by atoms with Crippen molar-refractivity contribution in [3.05, 3.63) is 41.0 Å². The lowest BCUT2D eigenvalue weighted by molar-refractivity contribution is -0.107. The summed E-state index contributed by atoms with van der Waals surface area (Å²) in [6.07, 6.45) is 2.52. The van der Waals surface area contributed by atoms with Crippen molar-refractivity contribution in [2.24, 2.45) is 0 Å². The van der Waals surface area contributed by atoms with Crippen molar-refractivity contribution >= 4 is 11.9 Å². The van der Waals surface area contributed by atoms with Gasteiger partial charge in [-0.1, -0.05) is 36.8 Å². The van der Waals surface area contributed by atoms with Crippen LogP contribution in [0.5, 0.6) is 0 Å². The molecule has 1 aliphatic rings. The van der Waals surface area contributed by atoms with Crippen molar-refractivity contribution in [3.8, 4) is 0 Å². The molecule has 0 amide bonds. The molecule has 0 saturated heterocycles. The monoisotopic (exact) mass is 200 g/mol. The highest BCUT2D eigenvalue weighted by Gasteiger charge is 2.23. The third kappa shape index (κ3) is 1.63. The van der Waals surface area contributed by atoms with Crippen LogP contribution in [0.3, 0.4) is 0 Å². The van der Waals surface area contributed by atoms with E-state index in [1.807, 2.05) is 0 Å². The Hall–Kier alpha value is -1.37. The summed E-state index contributed by atoms with van der Waals surface area (Å²) in [6, 6.07) is 8.52. The number of benzene rings is 1. The first-order valence-corrected chi connectivity index (χ1v) is 5.48. The fraction of sp³-hybridized carbons (Fsp3) is 0.357. The quantitative estimate of drug-likeness (QED) is 0.682. The zero-order valence-corrected chi connectivity index (χ0v) is 9.29. The number of aldehydes is 1. The largest absolute Gasteiger partial charge is 0.303 e. The SMILES string of the molecule is CC1=C(CCC=O)c2ccccc2C1C. The zero-order valence-electron chi connectivity index (χ0n) is 9.29. The molecule has 1 aromatic carbocycles. The summed E-state index contributed by atoms with van der Waals surface area (Å²) < 4.78 is 0. The van der Waals surface area contributed by atoms with Gasteiger partial charge in [0.15, 0.2) is 0 Å². The van der Waals surface area contributed by atoms with Gasteiger partial charge in [0, 0.05) is 12.3 Å². The van der Waals surface area contributed by atoms with Crippen molar-refractivity contribution < 1.29 is 4.79 Å². The third-order valence-corrected chi connectivity index (χ3v) is 3.39. The predicted molar refractivity (Wildman–Crippen MR) is 62.7 cm³/mol. The number of hydrogen-bond donors (Lipinski definition) is 0. The van der Waals surface area contributed by atoms with E-state index in [1.54, 1.807) is 0 Å². The molecular weight excluding hydrogens is 184 g/mol. The molecule has 1 atom stereocenters. The van der Waals surface area contributed by atoms with Crippen LogP contribution in [0.15, 0.2) is 29.8 Å². The van der Waals surface area contributed by atoms with Gasteiger partial charge in [-0.2, -0.15) is 0 Å². The molecular formula is C14H16O. The molecule has 0 aromatic heterocycles. The van der Waals surface area contributed by atoms with Crippen molar-refractivity contribution in [1.82, 2.24) is 0 Å². The molecule has 1 unspecified atom stereocenters. The van der Waals surface area contributed by atoms with Gasteiger partial charge in [0.25, 0.3) is 0 Å². The van der Waals surface area contributed by atoms with Crippen LogP contribution in [0.25, 0.3) is 5.57 Å². The normalized spacial score (nSPS) is 19.2. The van der Waals surface area contributed by atoms with E-state index in [0.717, 1.165) is 12.7 Å². The summed E-state index contributed by atoms with van der Waals surface area (Å²) in [6.45, 7) is 4.42. The molecule has 0 heterocycles. The van der Waals surface area contributed by atoms with Gasteiger partial charge in [-0.3, -0.25) is 0 Å². The molecule has 1 heteroatoms. The predicted octanol–water partition coefficient (Wildman–Crippen LogP) is 3.56. The van der Waals surface area contributed by atoms with E-state index in [-0.39, 0.29) is 0 Å². The van der Waals surface area contributed by atoms with Crippen molar-refractivity contribution in [1.29, 1.82) is 0 Å². The first-order valence-electron chi connectivity index (χ1n) is 5.48. The summed E-state index contributed by atoms with van der Waals surface area (Å²) in [5.74, 6) is 0.517. The average molecular weight is 200 g/mol. The maximum absolute atomic E-state index is 10.4. The summed E-state index contributed by atoms with van der Waals surface area (Å²) >= 11 is 0. The molecule has 78 valence electrons. The highest BCUT2D eigenvalue weighted by atomic mass is 16.1. The second-order valence-electron chi connectivity index (χ2n) is 4.18. The number of carbonyl (C=O) groups is 1. The second-order valence-corrected chi connectivity index (χ2v) is 4.18. The number of rotatable bonds is 3. The van der Waals surface area contributed by atoms with Crippen molar-refractivity contribution in [3.63, 3.8) is 0 Å². The average Bonchev–Trinajstić information content (AvgIpc) is 2.51. The van der Waals surface area contributed by atoms with Gasteiger partial charge in [0.2, 0.25) is 0 Å². The molecule has 1 nitrogen and oxygen atoms in total. The Balaban J connectivity index is 2.40. The lowest BCUT2D eigenvalue weighted by Crippen LogP contribution is -1.88. The molecule has 0 spiro atoms. The first kappa shape index (κ1) is 10.2.